The highest BCUT2D eigenvalue weighted by atomic mass is 16.5. The lowest BCUT2D eigenvalue weighted by Gasteiger charge is -2.30. The summed E-state index contributed by atoms with van der Waals surface area (Å²) >= 11 is 0. The fourth-order valence-corrected chi connectivity index (χ4v) is 3.65. The molecule has 3 aliphatic rings. The van der Waals surface area contributed by atoms with Crippen molar-refractivity contribution in [2.45, 2.75) is 50.2 Å². The van der Waals surface area contributed by atoms with Crippen molar-refractivity contribution in [1.29, 1.82) is 0 Å². The molecule has 0 unspecified atom stereocenters. The van der Waals surface area contributed by atoms with Crippen LogP contribution < -0.4 is 5.32 Å². The molecule has 3 aliphatic heterocycles. The van der Waals surface area contributed by atoms with E-state index in [4.69, 9.17) is 5.11 Å². The predicted molar refractivity (Wildman–Crippen MR) is 77.9 cm³/mol. The van der Waals surface area contributed by atoms with Gasteiger partial charge in [0.25, 0.3) is 0 Å². The molecule has 0 radical (unpaired) electrons. The van der Waals surface area contributed by atoms with Gasteiger partial charge in [-0.2, -0.15) is 0 Å². The van der Waals surface area contributed by atoms with E-state index in [1.165, 1.54) is 9.80 Å². The molecular formula is C14H22N4O5. The summed E-state index contributed by atoms with van der Waals surface area (Å²) in [7, 11) is 0. The summed E-state index contributed by atoms with van der Waals surface area (Å²) < 4.78 is 0. The van der Waals surface area contributed by atoms with Gasteiger partial charge in [-0.25, -0.2) is 14.7 Å². The first-order valence-corrected chi connectivity index (χ1v) is 8.04. The highest BCUT2D eigenvalue weighted by Gasteiger charge is 2.46. The largest absolute Gasteiger partial charge is 0.465 e. The maximum Gasteiger partial charge on any atom is 0.407 e. The van der Waals surface area contributed by atoms with Crippen molar-refractivity contribution in [3.05, 3.63) is 0 Å². The summed E-state index contributed by atoms with van der Waals surface area (Å²) in [5, 5.41) is 22.4. The van der Waals surface area contributed by atoms with Gasteiger partial charge in [0.1, 0.15) is 6.04 Å². The number of piperidine rings is 1. The van der Waals surface area contributed by atoms with Gasteiger partial charge in [0.05, 0.1) is 6.04 Å². The Morgan fingerprint density at radius 1 is 1.13 bits per heavy atom. The topological polar surface area (TPSA) is 113 Å². The second-order valence-corrected chi connectivity index (χ2v) is 6.43. The van der Waals surface area contributed by atoms with Crippen molar-refractivity contribution in [3.8, 4) is 0 Å². The monoisotopic (exact) mass is 326 g/mol. The van der Waals surface area contributed by atoms with Crippen LogP contribution in [0.4, 0.5) is 9.59 Å². The molecule has 0 aromatic rings. The van der Waals surface area contributed by atoms with Crippen LogP contribution in [0, 0.1) is 0 Å². The van der Waals surface area contributed by atoms with E-state index in [9.17, 15) is 19.6 Å². The molecule has 0 aliphatic carbocycles. The molecule has 3 rings (SSSR count). The fourth-order valence-electron chi connectivity index (χ4n) is 3.65. The van der Waals surface area contributed by atoms with Crippen LogP contribution in [0.1, 0.15) is 32.1 Å². The number of amides is 4. The smallest absolute Gasteiger partial charge is 0.407 e. The predicted octanol–water partition coefficient (Wildman–Crippen LogP) is 0.293. The van der Waals surface area contributed by atoms with E-state index in [-0.39, 0.29) is 18.0 Å². The third kappa shape index (κ3) is 3.05. The van der Waals surface area contributed by atoms with E-state index in [2.05, 4.69) is 5.32 Å². The molecule has 3 fully saturated rings. The molecule has 4 amide bonds. The molecule has 23 heavy (non-hydrogen) atoms. The number of nitrogens with zero attached hydrogens (tertiary/aromatic N) is 3. The van der Waals surface area contributed by atoms with Crippen LogP contribution in [0.15, 0.2) is 0 Å². The van der Waals surface area contributed by atoms with E-state index in [0.29, 0.717) is 45.3 Å². The second-order valence-electron chi connectivity index (χ2n) is 6.43. The first-order chi connectivity index (χ1) is 11.0. The first-order valence-electron chi connectivity index (χ1n) is 8.04. The van der Waals surface area contributed by atoms with E-state index in [1.807, 2.05) is 0 Å². The minimum absolute atomic E-state index is 0.0764. The number of carbonyl (C=O) groups is 3. The quantitative estimate of drug-likeness (QED) is 0.631. The molecule has 3 atom stereocenters. The Bertz CT molecular complexity index is 513. The summed E-state index contributed by atoms with van der Waals surface area (Å²) in [6.45, 7) is 1.27. The average Bonchev–Trinajstić information content (AvgIpc) is 2.72. The number of nitrogens with one attached hydrogen (secondary N) is 1. The number of hydroxylamine groups is 2. The Balaban J connectivity index is 1.57. The number of fused-ring (bicyclic) bond motifs is 2. The highest BCUT2D eigenvalue weighted by molar-refractivity contribution is 5.88. The number of carbonyl (C=O) groups excluding carboxylic acids is 2. The molecular weight excluding hydrogens is 304 g/mol. The molecule has 9 heteroatoms. The van der Waals surface area contributed by atoms with Gasteiger partial charge < -0.3 is 20.2 Å². The lowest BCUT2D eigenvalue weighted by atomic mass is 9.99. The van der Waals surface area contributed by atoms with Crippen LogP contribution in [0.3, 0.4) is 0 Å². The summed E-state index contributed by atoms with van der Waals surface area (Å²) in [5.74, 6) is -0.208. The highest BCUT2D eigenvalue weighted by Crippen LogP contribution is 2.28. The van der Waals surface area contributed by atoms with Crippen LogP contribution >= 0.6 is 0 Å². The zero-order valence-electron chi connectivity index (χ0n) is 12.8. The van der Waals surface area contributed by atoms with Crippen LogP contribution in [-0.4, -0.2) is 81.0 Å². The van der Waals surface area contributed by atoms with E-state index in [0.717, 1.165) is 11.5 Å². The molecule has 3 heterocycles. The summed E-state index contributed by atoms with van der Waals surface area (Å²) in [4.78, 5) is 38.2. The number of rotatable bonds is 2. The molecule has 3 saturated heterocycles. The molecule has 0 aromatic carbocycles. The number of urea groups is 1. The van der Waals surface area contributed by atoms with Crippen molar-refractivity contribution in [2.24, 2.45) is 0 Å². The van der Waals surface area contributed by atoms with Crippen molar-refractivity contribution in [1.82, 2.24) is 20.2 Å². The van der Waals surface area contributed by atoms with Crippen LogP contribution in [0.25, 0.3) is 0 Å². The van der Waals surface area contributed by atoms with E-state index < -0.39 is 18.2 Å². The molecule has 0 saturated carbocycles. The summed E-state index contributed by atoms with van der Waals surface area (Å²) in [6, 6.07) is -1.35. The van der Waals surface area contributed by atoms with Crippen LogP contribution in [0.5, 0.6) is 0 Å². The standard InChI is InChI=1S/C14H22N4O5/c19-12(11-4-3-10-8-17(11)13(20)18(10)23)15-9-2-1-6-16(7-5-9)14(21)22/h9-11,23H,1-8H2,(H,15,19)(H,21,22)/t9-,10+,11-/m0/s1. The van der Waals surface area contributed by atoms with Gasteiger partial charge >= 0.3 is 12.1 Å². The lowest BCUT2D eigenvalue weighted by molar-refractivity contribution is -0.126. The van der Waals surface area contributed by atoms with Crippen molar-refractivity contribution in [3.63, 3.8) is 0 Å². The first kappa shape index (κ1) is 15.9. The van der Waals surface area contributed by atoms with Gasteiger partial charge in [0, 0.05) is 25.7 Å². The van der Waals surface area contributed by atoms with Gasteiger partial charge in [-0.3, -0.25) is 10.0 Å². The van der Waals surface area contributed by atoms with Gasteiger partial charge in [-0.05, 0) is 32.1 Å². The van der Waals surface area contributed by atoms with E-state index >= 15 is 0 Å². The Morgan fingerprint density at radius 3 is 2.65 bits per heavy atom. The van der Waals surface area contributed by atoms with Gasteiger partial charge in [-0.15, -0.1) is 0 Å². The third-order valence-corrected chi connectivity index (χ3v) is 4.99. The maximum absolute atomic E-state index is 12.5. The number of hydrogen-bond donors (Lipinski definition) is 3. The minimum atomic E-state index is -0.930. The molecule has 128 valence electrons. The average molecular weight is 326 g/mol. The molecule has 2 bridgehead atoms. The Hall–Kier alpha value is -2.03. The van der Waals surface area contributed by atoms with Gasteiger partial charge in [0.15, 0.2) is 0 Å². The van der Waals surface area contributed by atoms with Gasteiger partial charge in [-0.1, -0.05) is 0 Å². The van der Waals surface area contributed by atoms with Crippen molar-refractivity contribution < 1.29 is 24.7 Å². The Morgan fingerprint density at radius 2 is 1.91 bits per heavy atom. The Labute approximate surface area is 133 Å². The zero-order valence-corrected chi connectivity index (χ0v) is 12.8. The maximum atomic E-state index is 12.5. The molecule has 0 spiro atoms. The lowest BCUT2D eigenvalue weighted by Crippen LogP contribution is -2.52. The van der Waals surface area contributed by atoms with E-state index in [1.54, 1.807) is 0 Å². The molecule has 3 N–H and O–H groups in total. The SMILES string of the molecule is O=C(N[C@H]1CCCN(C(=O)O)CC1)[C@@H]1CC[C@@H]2CN1C(=O)N2O. The fraction of sp³-hybridized carbons (Fsp3) is 0.786. The van der Waals surface area contributed by atoms with Crippen molar-refractivity contribution in [2.75, 3.05) is 19.6 Å². The van der Waals surface area contributed by atoms with Crippen LogP contribution in [0.2, 0.25) is 0 Å². The summed E-state index contributed by atoms with van der Waals surface area (Å²) in [6.07, 6.45) is 2.22. The van der Waals surface area contributed by atoms with Crippen molar-refractivity contribution >= 4 is 18.0 Å². The second kappa shape index (κ2) is 6.23. The zero-order chi connectivity index (χ0) is 16.6. The normalized spacial score (nSPS) is 31.1. The molecule has 9 nitrogen and oxygen atoms in total. The van der Waals surface area contributed by atoms with Crippen LogP contribution in [-0.2, 0) is 4.79 Å². The number of carboxylic acid groups (broad SMARTS) is 1. The molecule has 0 aromatic heterocycles. The third-order valence-electron chi connectivity index (χ3n) is 4.99. The van der Waals surface area contributed by atoms with Gasteiger partial charge in [0.2, 0.25) is 5.91 Å². The minimum Gasteiger partial charge on any atom is -0.465 e. The number of hydrogen-bond acceptors (Lipinski definition) is 4. The number of likely N-dealkylation sites (tertiary alicyclic amines) is 1. The Kier molecular flexibility index (Phi) is 4.29. The summed E-state index contributed by atoms with van der Waals surface area (Å²) in [5.41, 5.74) is 0.